The highest BCUT2D eigenvalue weighted by molar-refractivity contribution is 5.80. The summed E-state index contributed by atoms with van der Waals surface area (Å²) in [7, 11) is 3.74. The summed E-state index contributed by atoms with van der Waals surface area (Å²) in [5.41, 5.74) is 7.21. The first-order chi connectivity index (χ1) is 39.9. The van der Waals surface area contributed by atoms with Crippen molar-refractivity contribution in [2.75, 3.05) is 139 Å². The molecule has 0 spiro atoms. The number of rotatable bonds is 37. The van der Waals surface area contributed by atoms with E-state index >= 15 is 0 Å². The highest BCUT2D eigenvalue weighted by Gasteiger charge is 2.24. The Hall–Kier alpha value is -3.05. The van der Waals surface area contributed by atoms with Crippen molar-refractivity contribution >= 4 is 29.7 Å². The fourth-order valence-corrected chi connectivity index (χ4v) is 6.95. The second kappa shape index (κ2) is 54.7. The molecule has 20 heteroatoms. The first kappa shape index (κ1) is 92.7. The van der Waals surface area contributed by atoms with Crippen LogP contribution in [-0.4, -0.2) is 206 Å². The van der Waals surface area contributed by atoms with Gasteiger partial charge in [0.05, 0.1) is 85.9 Å². The lowest BCUT2D eigenvalue weighted by Crippen LogP contribution is -2.47. The Labute approximate surface area is 531 Å². The van der Waals surface area contributed by atoms with E-state index in [-0.39, 0.29) is 24.0 Å². The minimum Gasteiger partial charge on any atom is -0.480 e. The molecule has 1 aliphatic heterocycles. The van der Waals surface area contributed by atoms with Crippen molar-refractivity contribution < 1.29 is 77.2 Å². The van der Waals surface area contributed by atoms with E-state index in [0.29, 0.717) is 139 Å². The van der Waals surface area contributed by atoms with Crippen molar-refractivity contribution in [2.45, 2.75) is 234 Å². The highest BCUT2D eigenvalue weighted by Crippen LogP contribution is 2.24. The molecule has 1 aliphatic rings. The molecular weight excluding hydrogens is 1120 g/mol. The van der Waals surface area contributed by atoms with Gasteiger partial charge in [0.1, 0.15) is 24.5 Å². The molecule has 522 valence electrons. The zero-order valence-corrected chi connectivity index (χ0v) is 59.9. The summed E-state index contributed by atoms with van der Waals surface area (Å²) in [5.74, 6) is -1.34. The van der Waals surface area contributed by atoms with Gasteiger partial charge in [0.2, 0.25) is 5.91 Å². The Kier molecular flexibility index (Phi) is 58.2. The highest BCUT2D eigenvalue weighted by atomic mass is 16.6. The van der Waals surface area contributed by atoms with Gasteiger partial charge in [-0.2, -0.15) is 0 Å². The minimum atomic E-state index is -1.07. The molecule has 0 aromatic heterocycles. The van der Waals surface area contributed by atoms with Crippen molar-refractivity contribution in [3.05, 3.63) is 0 Å². The summed E-state index contributed by atoms with van der Waals surface area (Å²) in [6.45, 7) is 52.8. The Morgan fingerprint density at radius 3 is 1.13 bits per heavy atom. The summed E-state index contributed by atoms with van der Waals surface area (Å²) in [5, 5.41) is 28.6. The summed E-state index contributed by atoms with van der Waals surface area (Å²) < 4.78 is 42.1. The molecule has 1 saturated heterocycles. The third-order valence-electron chi connectivity index (χ3n) is 11.9. The molecule has 1 fully saturated rings. The van der Waals surface area contributed by atoms with Crippen LogP contribution in [0.15, 0.2) is 0 Å². The number of Topliss-reactive ketones (excluding diaryl/α,β-unsaturated/α-hetero) is 1. The van der Waals surface area contributed by atoms with E-state index in [4.69, 9.17) is 53.8 Å². The Morgan fingerprint density at radius 2 is 0.828 bits per heavy atom. The van der Waals surface area contributed by atoms with Crippen molar-refractivity contribution in [2.24, 2.45) is 38.2 Å². The molecule has 20 nitrogen and oxygen atoms in total. The molecule has 1 heterocycles. The standard InChI is InChI=1S/C26H51NO11.C11H22N2O.C10H21NO2.C9H18O.C6H14O.C5H12/c1-26(2,3)8-6-5-7-23(24(28)29)27-25(30)38-22-21-37-20-19-36-18-17-35-16-15-34-14-13-33-12-11-32-10-9-31-4;1-11(2,3)9-10(14)13-7-5-12(4)6-8-13;1-10(2,3)7-5-4-6-8(11)9(12)13;1-8(10)6-5-7-9(2,3)4;1-6(2,3)4-5-7;1-5(2,3)4/h23H,5-22H2,1-4H3,(H,27,30)(H,28,29);5-9H2,1-4H3;8H,4-7,11H2,1-3H3,(H,12,13);5-7H2,1-4H3;7H,4-5H2,1-3H3;1-4H3/t23-;;8-;;;/m0.0.../s1. The maximum atomic E-state index is 11.8. The molecule has 87 heavy (non-hydrogen) atoms. The van der Waals surface area contributed by atoms with Crippen LogP contribution in [0.25, 0.3) is 0 Å². The van der Waals surface area contributed by atoms with Crippen LogP contribution in [0.2, 0.25) is 0 Å². The number of carboxylic acid groups (broad SMARTS) is 2. The second-order valence-electron chi connectivity index (χ2n) is 30.0. The number of aliphatic hydroxyl groups excluding tert-OH is 1. The largest absolute Gasteiger partial charge is 0.480 e. The van der Waals surface area contributed by atoms with Crippen molar-refractivity contribution in [3.8, 4) is 0 Å². The molecule has 0 radical (unpaired) electrons. The second-order valence-corrected chi connectivity index (χ2v) is 30.0. The monoisotopic (exact) mass is 1260 g/mol. The number of alkyl carbamates (subject to hydrolysis) is 1. The average molecular weight is 1260 g/mol. The summed E-state index contributed by atoms with van der Waals surface area (Å²) in [4.78, 5) is 60.2. The smallest absolute Gasteiger partial charge is 0.407 e. The number of carboxylic acids is 2. The van der Waals surface area contributed by atoms with Crippen LogP contribution in [0.3, 0.4) is 0 Å². The fraction of sp³-hybridized carbons (Fsp3) is 0.925. The summed E-state index contributed by atoms with van der Waals surface area (Å²) in [6, 6.07) is -1.64. The van der Waals surface area contributed by atoms with E-state index in [9.17, 15) is 29.1 Å². The Balaban J connectivity index is -0.000000369. The van der Waals surface area contributed by atoms with Crippen LogP contribution >= 0.6 is 0 Å². The number of unbranched alkanes of at least 4 members (excludes halogenated alkanes) is 2. The molecule has 1 rings (SSSR count). The molecule has 6 N–H and O–H groups in total. The molecule has 0 aromatic carbocycles. The first-order valence-corrected chi connectivity index (χ1v) is 32.1. The van der Waals surface area contributed by atoms with Crippen LogP contribution in [0, 0.1) is 32.5 Å². The van der Waals surface area contributed by atoms with Gasteiger partial charge in [0.15, 0.2) is 0 Å². The van der Waals surface area contributed by atoms with Crippen molar-refractivity contribution in [1.29, 1.82) is 0 Å². The van der Waals surface area contributed by atoms with Crippen molar-refractivity contribution in [3.63, 3.8) is 0 Å². The number of carbonyl (C=O) groups excluding carboxylic acids is 3. The van der Waals surface area contributed by atoms with E-state index in [1.807, 2.05) is 4.90 Å². The first-order valence-electron chi connectivity index (χ1n) is 32.1. The molecule has 0 aromatic rings. The van der Waals surface area contributed by atoms with Gasteiger partial charge < -0.3 is 78.9 Å². The third-order valence-corrected chi connectivity index (χ3v) is 11.9. The third kappa shape index (κ3) is 89.5. The lowest BCUT2D eigenvalue weighted by Gasteiger charge is -2.34. The maximum Gasteiger partial charge on any atom is 0.407 e. The minimum absolute atomic E-state index is 0.0263. The zero-order chi connectivity index (χ0) is 68.2. The number of nitrogens with two attached hydrogens (primary N) is 1. The maximum absolute atomic E-state index is 11.8. The molecule has 0 aliphatic carbocycles. The number of ketones is 1. The van der Waals surface area contributed by atoms with E-state index in [1.165, 1.54) is 0 Å². The molecule has 0 bridgehead atoms. The average Bonchev–Trinajstić information content (AvgIpc) is 3.58. The van der Waals surface area contributed by atoms with Crippen LogP contribution in [0.5, 0.6) is 0 Å². The number of hydrogen-bond acceptors (Lipinski definition) is 16. The van der Waals surface area contributed by atoms with E-state index in [1.54, 1.807) is 14.0 Å². The number of hydrogen-bond donors (Lipinski definition) is 5. The number of likely N-dealkylation sites (N-methyl/N-ethyl adjacent to an activating group) is 1. The number of ether oxygens (including phenoxy) is 8. The number of nitrogens with zero attached hydrogens (tertiary/aromatic N) is 2. The molecule has 2 atom stereocenters. The van der Waals surface area contributed by atoms with Gasteiger partial charge in [-0.25, -0.2) is 9.59 Å². The summed E-state index contributed by atoms with van der Waals surface area (Å²) in [6.07, 6.45) is 10.4. The van der Waals surface area contributed by atoms with Gasteiger partial charge in [-0.15, -0.1) is 0 Å². The SMILES string of the molecule is CC(=O)CCCC(C)(C)C.CC(C)(C)C.CC(C)(C)CCCC[C@H](N)C(=O)O.CC(C)(C)CCO.CN1CCN(C(=O)CC(C)(C)C)CC1.COCCOCCOCCOCCOCCOCCOCCOC(=O)N[C@@H](CCCCC(C)(C)C)C(=O)O. The molecule has 2 amide bonds. The summed E-state index contributed by atoms with van der Waals surface area (Å²) >= 11 is 0. The van der Waals surface area contributed by atoms with Gasteiger partial charge in [0, 0.05) is 52.7 Å². The van der Waals surface area contributed by atoms with E-state index < -0.39 is 30.1 Å². The predicted molar refractivity (Wildman–Crippen MR) is 353 cm³/mol. The predicted octanol–water partition coefficient (Wildman–Crippen LogP) is 12.0. The number of amides is 2. The fourth-order valence-electron chi connectivity index (χ4n) is 6.95. The Bertz CT molecular complexity index is 1630. The van der Waals surface area contributed by atoms with Gasteiger partial charge in [-0.05, 0) is 91.4 Å². The van der Waals surface area contributed by atoms with Gasteiger partial charge in [-0.3, -0.25) is 9.59 Å². The van der Waals surface area contributed by atoms with Crippen LogP contribution < -0.4 is 11.1 Å². The number of nitrogens with one attached hydrogen (secondary N) is 1. The van der Waals surface area contributed by atoms with E-state index in [2.05, 4.69) is 149 Å². The zero-order valence-electron chi connectivity index (χ0n) is 59.9. The van der Waals surface area contributed by atoms with Crippen LogP contribution in [-0.2, 0) is 57.1 Å². The normalized spacial score (nSPS) is 13.7. The number of aliphatic carboxylic acids is 2. The number of piperazine rings is 1. The van der Waals surface area contributed by atoms with Gasteiger partial charge in [-0.1, -0.05) is 157 Å². The number of methoxy groups -OCH3 is 1. The van der Waals surface area contributed by atoms with Gasteiger partial charge in [0.25, 0.3) is 0 Å². The quantitative estimate of drug-likeness (QED) is 0.0362. The number of aliphatic hydroxyl groups is 1. The Morgan fingerprint density at radius 1 is 0.483 bits per heavy atom. The van der Waals surface area contributed by atoms with Gasteiger partial charge >= 0.3 is 18.0 Å². The van der Waals surface area contributed by atoms with Crippen LogP contribution in [0.1, 0.15) is 222 Å². The molecule has 0 unspecified atom stereocenters. The molecular formula is C67H138N4O16. The lowest BCUT2D eigenvalue weighted by molar-refractivity contribution is -0.140. The lowest BCUT2D eigenvalue weighted by atomic mass is 9.89. The van der Waals surface area contributed by atoms with E-state index in [0.717, 1.165) is 90.4 Å². The topological polar surface area (TPSA) is 264 Å². The molecule has 0 saturated carbocycles. The number of carbonyl (C=O) groups is 5. The van der Waals surface area contributed by atoms with Crippen LogP contribution in [0.4, 0.5) is 4.79 Å². The van der Waals surface area contributed by atoms with Crippen molar-refractivity contribution in [1.82, 2.24) is 15.1 Å².